The van der Waals surface area contributed by atoms with Gasteiger partial charge in [0.25, 0.3) is 5.91 Å². The predicted molar refractivity (Wildman–Crippen MR) is 164 cm³/mol. The number of nitrogens with zero attached hydrogens (tertiary/aromatic N) is 6. The average Bonchev–Trinajstić information content (AvgIpc) is 3.67. The Hall–Kier alpha value is -4.44. The van der Waals surface area contributed by atoms with Crippen LogP contribution < -0.4 is 15.8 Å². The molecule has 0 bridgehead atoms. The molecule has 2 fully saturated rings. The Balaban J connectivity index is 1.32. The van der Waals surface area contributed by atoms with Gasteiger partial charge < -0.3 is 29.8 Å². The summed E-state index contributed by atoms with van der Waals surface area (Å²) in [7, 11) is 3.64. The number of benzene rings is 1. The lowest BCUT2D eigenvalue weighted by Gasteiger charge is -2.30. The van der Waals surface area contributed by atoms with Crippen molar-refractivity contribution in [3.63, 3.8) is 0 Å². The largest absolute Gasteiger partial charge is 0.494 e. The van der Waals surface area contributed by atoms with Gasteiger partial charge in [-0.1, -0.05) is 0 Å². The van der Waals surface area contributed by atoms with E-state index < -0.39 is 0 Å². The summed E-state index contributed by atoms with van der Waals surface area (Å²) in [6, 6.07) is 12.0. The van der Waals surface area contributed by atoms with E-state index >= 15 is 0 Å². The highest BCUT2D eigenvalue weighted by atomic mass is 16.5. The summed E-state index contributed by atoms with van der Waals surface area (Å²) in [6.45, 7) is 4.19. The van der Waals surface area contributed by atoms with Gasteiger partial charge in [-0.2, -0.15) is 0 Å². The van der Waals surface area contributed by atoms with Crippen LogP contribution in [0.25, 0.3) is 33.6 Å². The Kier molecular flexibility index (Phi) is 6.57. The number of hydrogen-bond acceptors (Lipinski definition) is 7. The number of amides is 1. The van der Waals surface area contributed by atoms with Gasteiger partial charge in [0.15, 0.2) is 5.82 Å². The number of imidazole rings is 1. The summed E-state index contributed by atoms with van der Waals surface area (Å²) in [4.78, 5) is 29.7. The minimum absolute atomic E-state index is 0.0150. The number of methoxy groups -OCH3 is 1. The highest BCUT2D eigenvalue weighted by molar-refractivity contribution is 6.00. The number of anilines is 2. The number of rotatable bonds is 7. The summed E-state index contributed by atoms with van der Waals surface area (Å²) in [6.07, 6.45) is 7.92. The molecule has 10 nitrogen and oxygen atoms in total. The van der Waals surface area contributed by atoms with E-state index in [4.69, 9.17) is 20.4 Å². The minimum atomic E-state index is -0.0333. The number of nitrogens with one attached hydrogen (secondary N) is 1. The van der Waals surface area contributed by atoms with Crippen molar-refractivity contribution in [2.45, 2.75) is 45.2 Å². The van der Waals surface area contributed by atoms with Gasteiger partial charge in [-0.15, -0.1) is 0 Å². The van der Waals surface area contributed by atoms with Gasteiger partial charge >= 0.3 is 0 Å². The van der Waals surface area contributed by atoms with E-state index in [1.165, 1.54) is 12.8 Å². The number of likely N-dealkylation sites (tertiary alicyclic amines) is 1. The first-order chi connectivity index (χ1) is 20.4. The van der Waals surface area contributed by atoms with E-state index in [0.29, 0.717) is 30.3 Å². The molecular formula is C32H36N8O2. The van der Waals surface area contributed by atoms with Crippen LogP contribution in [-0.4, -0.2) is 61.1 Å². The highest BCUT2D eigenvalue weighted by Crippen LogP contribution is 2.38. The average molecular weight is 565 g/mol. The molecule has 7 rings (SSSR count). The number of pyridine rings is 2. The molecule has 42 heavy (non-hydrogen) atoms. The van der Waals surface area contributed by atoms with Crippen molar-refractivity contribution in [1.82, 2.24) is 29.0 Å². The Morgan fingerprint density at radius 1 is 1.14 bits per heavy atom. The van der Waals surface area contributed by atoms with Crippen LogP contribution in [0, 0.1) is 12.8 Å². The van der Waals surface area contributed by atoms with Crippen LogP contribution in [0.3, 0.4) is 0 Å². The summed E-state index contributed by atoms with van der Waals surface area (Å²) in [5.41, 5.74) is 12.3. The van der Waals surface area contributed by atoms with E-state index in [2.05, 4.69) is 31.6 Å². The Labute approximate surface area is 244 Å². The number of aryl methyl sites for hydroxylation is 2. The number of hydrogen-bond donors (Lipinski definition) is 2. The van der Waals surface area contributed by atoms with Gasteiger partial charge in [-0.3, -0.25) is 9.78 Å². The summed E-state index contributed by atoms with van der Waals surface area (Å²) >= 11 is 0. The fourth-order valence-corrected chi connectivity index (χ4v) is 6.07. The van der Waals surface area contributed by atoms with Crippen molar-refractivity contribution in [3.05, 3.63) is 59.9 Å². The van der Waals surface area contributed by atoms with Crippen LogP contribution in [0.1, 0.15) is 41.6 Å². The van der Waals surface area contributed by atoms with Crippen LogP contribution >= 0.6 is 0 Å². The third-order valence-electron chi connectivity index (χ3n) is 8.54. The molecule has 1 aliphatic carbocycles. The second-order valence-corrected chi connectivity index (χ2v) is 11.7. The molecule has 5 aromatic rings. The summed E-state index contributed by atoms with van der Waals surface area (Å²) in [5, 5.41) is 4.51. The number of carbonyl (C=O) groups excluding carboxylic acids is 1. The van der Waals surface area contributed by atoms with E-state index in [9.17, 15) is 4.79 Å². The molecule has 1 amide bonds. The second kappa shape index (κ2) is 10.4. The SMILES string of the molecule is COc1cc(C(=O)N2CCC[C@@H](N)C2)cc2nc(-c3cc4ccc(Nc5ccncc5C)nc4n3CC3CC3)n(C)c12. The molecule has 216 valence electrons. The molecule has 1 aromatic carbocycles. The Bertz CT molecular complexity index is 1820. The maximum atomic E-state index is 13.5. The van der Waals surface area contributed by atoms with Crippen molar-refractivity contribution in [1.29, 1.82) is 0 Å². The molecule has 1 saturated carbocycles. The molecule has 1 aliphatic heterocycles. The first-order valence-electron chi connectivity index (χ1n) is 14.7. The molecule has 3 N–H and O–H groups in total. The zero-order valence-corrected chi connectivity index (χ0v) is 24.3. The summed E-state index contributed by atoms with van der Waals surface area (Å²) in [5.74, 6) is 2.82. The van der Waals surface area contributed by atoms with Gasteiger partial charge in [0.2, 0.25) is 0 Å². The van der Waals surface area contributed by atoms with Crippen molar-refractivity contribution in [2.24, 2.45) is 18.7 Å². The lowest BCUT2D eigenvalue weighted by atomic mass is 10.0. The van der Waals surface area contributed by atoms with Gasteiger partial charge in [0.05, 0.1) is 18.3 Å². The highest BCUT2D eigenvalue weighted by Gasteiger charge is 2.28. The number of carbonyl (C=O) groups is 1. The third kappa shape index (κ3) is 4.75. The zero-order chi connectivity index (χ0) is 29.0. The molecule has 0 radical (unpaired) electrons. The number of aromatic nitrogens is 5. The molecule has 2 aliphatic rings. The van der Waals surface area contributed by atoms with Gasteiger partial charge in [-0.05, 0) is 80.5 Å². The molecule has 1 atom stereocenters. The number of ether oxygens (including phenoxy) is 1. The monoisotopic (exact) mass is 564 g/mol. The third-order valence-corrected chi connectivity index (χ3v) is 8.54. The standard InChI is InChI=1S/C32H36N8O2/c1-19-16-34-11-10-24(19)35-28-9-8-21-14-26(40(30(21)37-28)17-20-6-7-20)31-36-25-13-22(15-27(42-3)29(25)38(31)2)32(41)39-12-4-5-23(33)18-39/h8-11,13-16,20,23H,4-7,12,17-18,33H2,1-3H3,(H,34,35,37)/t23-/m1/s1. The topological polar surface area (TPSA) is 116 Å². The normalized spacial score (nSPS) is 17.2. The smallest absolute Gasteiger partial charge is 0.254 e. The van der Waals surface area contributed by atoms with Crippen LogP contribution in [0.2, 0.25) is 0 Å². The summed E-state index contributed by atoms with van der Waals surface area (Å²) < 4.78 is 10.2. The predicted octanol–water partition coefficient (Wildman–Crippen LogP) is 5.02. The Morgan fingerprint density at radius 3 is 2.76 bits per heavy atom. The first-order valence-corrected chi connectivity index (χ1v) is 14.7. The molecule has 0 unspecified atom stereocenters. The maximum absolute atomic E-state index is 13.5. The van der Waals surface area contributed by atoms with Crippen LogP contribution in [0.15, 0.2) is 48.8 Å². The second-order valence-electron chi connectivity index (χ2n) is 11.7. The van der Waals surface area contributed by atoms with Gasteiger partial charge in [-0.25, -0.2) is 9.97 Å². The molecule has 5 heterocycles. The van der Waals surface area contributed by atoms with E-state index in [1.807, 2.05) is 49.3 Å². The molecule has 1 saturated heterocycles. The zero-order valence-electron chi connectivity index (χ0n) is 24.3. The lowest BCUT2D eigenvalue weighted by molar-refractivity contribution is 0.0708. The minimum Gasteiger partial charge on any atom is -0.494 e. The molecule has 0 spiro atoms. The van der Waals surface area contributed by atoms with Crippen molar-refractivity contribution >= 4 is 39.5 Å². The quantitative estimate of drug-likeness (QED) is 0.285. The van der Waals surface area contributed by atoms with E-state index in [1.54, 1.807) is 13.3 Å². The van der Waals surface area contributed by atoms with Gasteiger partial charge in [0.1, 0.15) is 22.7 Å². The number of nitrogens with two attached hydrogens (primary N) is 1. The number of fused-ring (bicyclic) bond motifs is 2. The Morgan fingerprint density at radius 2 is 2.00 bits per heavy atom. The van der Waals surface area contributed by atoms with Gasteiger partial charge in [0, 0.05) is 61.8 Å². The van der Waals surface area contributed by atoms with E-state index in [-0.39, 0.29) is 11.9 Å². The molecule has 4 aromatic heterocycles. The maximum Gasteiger partial charge on any atom is 0.254 e. The van der Waals surface area contributed by atoms with Crippen LogP contribution in [-0.2, 0) is 13.6 Å². The van der Waals surface area contributed by atoms with Crippen LogP contribution in [0.4, 0.5) is 11.5 Å². The lowest BCUT2D eigenvalue weighted by Crippen LogP contribution is -2.45. The first kappa shape index (κ1) is 26.5. The van der Waals surface area contributed by atoms with E-state index in [0.717, 1.165) is 70.0 Å². The van der Waals surface area contributed by atoms with Crippen molar-refractivity contribution < 1.29 is 9.53 Å². The fourth-order valence-electron chi connectivity index (χ4n) is 6.07. The fraction of sp³-hybridized carbons (Fsp3) is 0.375. The van der Waals surface area contributed by atoms with Crippen molar-refractivity contribution in [3.8, 4) is 17.3 Å². The van der Waals surface area contributed by atoms with Crippen LogP contribution in [0.5, 0.6) is 5.75 Å². The molecule has 10 heteroatoms. The number of piperidine rings is 1. The molecular weight excluding hydrogens is 528 g/mol. The van der Waals surface area contributed by atoms with Crippen molar-refractivity contribution in [2.75, 3.05) is 25.5 Å².